The molecule has 0 saturated carbocycles. The van der Waals surface area contributed by atoms with Crippen LogP contribution in [0.1, 0.15) is 24.2 Å². The summed E-state index contributed by atoms with van der Waals surface area (Å²) in [7, 11) is -3.18. The summed E-state index contributed by atoms with van der Waals surface area (Å²) in [5.74, 6) is -0.495. The van der Waals surface area contributed by atoms with Gasteiger partial charge in [-0.25, -0.2) is 12.8 Å². The highest BCUT2D eigenvalue weighted by Crippen LogP contribution is 2.18. The van der Waals surface area contributed by atoms with Crippen molar-refractivity contribution in [2.45, 2.75) is 19.1 Å². The highest BCUT2D eigenvalue weighted by molar-refractivity contribution is 7.91. The average molecular weight is 274 g/mol. The van der Waals surface area contributed by atoms with Crippen molar-refractivity contribution in [3.63, 3.8) is 0 Å². The number of carbonyl (C=O) groups is 1. The molecule has 0 aromatic heterocycles. The second-order valence-electron chi connectivity index (χ2n) is 4.06. The topological polar surface area (TPSA) is 60.4 Å². The number of benzene rings is 1. The Morgan fingerprint density at radius 1 is 1.39 bits per heavy atom. The van der Waals surface area contributed by atoms with Gasteiger partial charge in [0.1, 0.15) is 18.2 Å². The summed E-state index contributed by atoms with van der Waals surface area (Å²) in [5.41, 5.74) is 0.0666. The third kappa shape index (κ3) is 3.80. The molecule has 0 radical (unpaired) electrons. The summed E-state index contributed by atoms with van der Waals surface area (Å²) in [6.07, 6.45) is 0.468. The van der Waals surface area contributed by atoms with Crippen LogP contribution in [0.3, 0.4) is 0 Å². The Kier molecular flexibility index (Phi) is 4.84. The van der Waals surface area contributed by atoms with E-state index in [2.05, 4.69) is 0 Å². The maximum Gasteiger partial charge on any atom is 0.155 e. The lowest BCUT2D eigenvalue weighted by molar-refractivity contribution is 0.111. The number of rotatable bonds is 6. The van der Waals surface area contributed by atoms with E-state index in [0.717, 1.165) is 12.1 Å². The molecule has 4 nitrogen and oxygen atoms in total. The minimum Gasteiger partial charge on any atom is -0.492 e. The van der Waals surface area contributed by atoms with Crippen LogP contribution < -0.4 is 4.74 Å². The average Bonchev–Trinajstić information content (AvgIpc) is 2.30. The maximum absolute atomic E-state index is 12.8. The molecule has 0 heterocycles. The van der Waals surface area contributed by atoms with Gasteiger partial charge < -0.3 is 4.74 Å². The van der Waals surface area contributed by atoms with Crippen molar-refractivity contribution >= 4 is 16.1 Å². The Morgan fingerprint density at radius 3 is 2.61 bits per heavy atom. The Hall–Kier alpha value is -1.43. The van der Waals surface area contributed by atoms with Crippen molar-refractivity contribution < 1.29 is 22.3 Å². The molecule has 1 aromatic rings. The fourth-order valence-electron chi connectivity index (χ4n) is 1.25. The van der Waals surface area contributed by atoms with Crippen LogP contribution in [0.4, 0.5) is 4.39 Å². The minimum absolute atomic E-state index is 0.0625. The van der Waals surface area contributed by atoms with Gasteiger partial charge in [-0.15, -0.1) is 0 Å². The standard InChI is InChI=1S/C12H15FO4S/c1-9(2)18(15,16)6-5-17-12-4-3-11(13)7-10(12)8-14/h3-4,7-9H,5-6H2,1-2H3. The molecule has 1 aromatic carbocycles. The fraction of sp³-hybridized carbons (Fsp3) is 0.417. The lowest BCUT2D eigenvalue weighted by Gasteiger charge is -2.10. The van der Waals surface area contributed by atoms with E-state index in [4.69, 9.17) is 4.74 Å². The molecule has 0 spiro atoms. The van der Waals surface area contributed by atoms with Crippen LogP contribution in [0.5, 0.6) is 5.75 Å². The van der Waals surface area contributed by atoms with Crippen molar-refractivity contribution in [2.24, 2.45) is 0 Å². The minimum atomic E-state index is -3.18. The first-order valence-electron chi connectivity index (χ1n) is 5.46. The van der Waals surface area contributed by atoms with Crippen LogP contribution in [0.25, 0.3) is 0 Å². The van der Waals surface area contributed by atoms with E-state index in [9.17, 15) is 17.6 Å². The molecule has 18 heavy (non-hydrogen) atoms. The van der Waals surface area contributed by atoms with Gasteiger partial charge in [-0.05, 0) is 32.0 Å². The molecule has 100 valence electrons. The third-order valence-corrected chi connectivity index (χ3v) is 4.61. The molecule has 0 amide bonds. The van der Waals surface area contributed by atoms with Crippen molar-refractivity contribution in [1.29, 1.82) is 0 Å². The predicted molar refractivity (Wildman–Crippen MR) is 66.2 cm³/mol. The Morgan fingerprint density at radius 2 is 2.06 bits per heavy atom. The lowest BCUT2D eigenvalue weighted by Crippen LogP contribution is -2.22. The van der Waals surface area contributed by atoms with Crippen LogP contribution in [0, 0.1) is 5.82 Å². The Labute approximate surface area is 106 Å². The van der Waals surface area contributed by atoms with Crippen molar-refractivity contribution in [2.75, 3.05) is 12.4 Å². The van der Waals surface area contributed by atoms with Gasteiger partial charge in [-0.2, -0.15) is 0 Å². The number of carbonyl (C=O) groups excluding carboxylic acids is 1. The molecule has 0 aliphatic heterocycles. The van der Waals surface area contributed by atoms with Gasteiger partial charge in [-0.3, -0.25) is 4.79 Å². The van der Waals surface area contributed by atoms with Gasteiger partial charge >= 0.3 is 0 Å². The number of halogens is 1. The monoisotopic (exact) mass is 274 g/mol. The van der Waals surface area contributed by atoms with E-state index in [1.165, 1.54) is 6.07 Å². The Bertz CT molecular complexity index is 523. The van der Waals surface area contributed by atoms with Gasteiger partial charge in [0.15, 0.2) is 16.1 Å². The molecule has 0 bridgehead atoms. The van der Waals surface area contributed by atoms with E-state index in [-0.39, 0.29) is 23.7 Å². The third-order valence-electron chi connectivity index (χ3n) is 2.44. The zero-order chi connectivity index (χ0) is 13.8. The normalized spacial score (nSPS) is 11.6. The summed E-state index contributed by atoms with van der Waals surface area (Å²) >= 11 is 0. The number of hydrogen-bond donors (Lipinski definition) is 0. The molecule has 1 rings (SSSR count). The molecule has 0 atom stereocenters. The van der Waals surface area contributed by atoms with Gasteiger partial charge in [0.2, 0.25) is 0 Å². The van der Waals surface area contributed by atoms with Crippen molar-refractivity contribution in [3.05, 3.63) is 29.6 Å². The number of sulfone groups is 1. The van der Waals surface area contributed by atoms with Crippen LogP contribution >= 0.6 is 0 Å². The summed E-state index contributed by atoms with van der Waals surface area (Å²) in [5, 5.41) is -0.472. The van der Waals surface area contributed by atoms with Crippen molar-refractivity contribution in [1.82, 2.24) is 0 Å². The number of aldehydes is 1. The van der Waals surface area contributed by atoms with Crippen LogP contribution in [-0.2, 0) is 9.84 Å². The van der Waals surface area contributed by atoms with Crippen LogP contribution in [0.15, 0.2) is 18.2 Å². The van der Waals surface area contributed by atoms with Crippen LogP contribution in [0.2, 0.25) is 0 Å². The molecule has 0 fully saturated rings. The first-order valence-corrected chi connectivity index (χ1v) is 7.17. The van der Waals surface area contributed by atoms with Gasteiger partial charge in [0.05, 0.1) is 16.6 Å². The smallest absolute Gasteiger partial charge is 0.155 e. The quantitative estimate of drug-likeness (QED) is 0.743. The summed E-state index contributed by atoms with van der Waals surface area (Å²) in [6, 6.07) is 3.50. The molecule has 0 saturated heterocycles. The van der Waals surface area contributed by atoms with Crippen molar-refractivity contribution in [3.8, 4) is 5.75 Å². The predicted octanol–water partition coefficient (Wildman–Crippen LogP) is 1.84. The molecule has 6 heteroatoms. The molecule has 0 aliphatic carbocycles. The van der Waals surface area contributed by atoms with E-state index in [1.54, 1.807) is 13.8 Å². The molecular formula is C12H15FO4S. The summed E-state index contributed by atoms with van der Waals surface area (Å²) in [4.78, 5) is 10.7. The molecule has 0 unspecified atom stereocenters. The van der Waals surface area contributed by atoms with Gasteiger partial charge in [-0.1, -0.05) is 0 Å². The zero-order valence-electron chi connectivity index (χ0n) is 10.2. The molecule has 0 aliphatic rings. The fourth-order valence-corrected chi connectivity index (χ4v) is 2.03. The first kappa shape index (κ1) is 14.6. The van der Waals surface area contributed by atoms with E-state index in [0.29, 0.717) is 6.29 Å². The number of hydrogen-bond acceptors (Lipinski definition) is 4. The second-order valence-corrected chi connectivity index (χ2v) is 6.74. The largest absolute Gasteiger partial charge is 0.492 e. The number of ether oxygens (including phenoxy) is 1. The highest BCUT2D eigenvalue weighted by Gasteiger charge is 2.16. The first-order chi connectivity index (χ1) is 8.36. The second kappa shape index (κ2) is 5.95. The van der Waals surface area contributed by atoms with E-state index < -0.39 is 20.9 Å². The van der Waals surface area contributed by atoms with Gasteiger partial charge in [0, 0.05) is 0 Å². The van der Waals surface area contributed by atoms with E-state index in [1.807, 2.05) is 0 Å². The summed E-state index contributed by atoms with van der Waals surface area (Å²) < 4.78 is 41.1. The highest BCUT2D eigenvalue weighted by atomic mass is 32.2. The Balaban J connectivity index is 2.68. The van der Waals surface area contributed by atoms with E-state index >= 15 is 0 Å². The zero-order valence-corrected chi connectivity index (χ0v) is 11.0. The van der Waals surface area contributed by atoms with Crippen LogP contribution in [-0.4, -0.2) is 32.3 Å². The van der Waals surface area contributed by atoms with Gasteiger partial charge in [0.25, 0.3) is 0 Å². The lowest BCUT2D eigenvalue weighted by atomic mass is 10.2. The summed E-state index contributed by atoms with van der Waals surface area (Å²) in [6.45, 7) is 3.11. The maximum atomic E-state index is 12.8. The molecular weight excluding hydrogens is 259 g/mol. The SMILES string of the molecule is CC(C)S(=O)(=O)CCOc1ccc(F)cc1C=O. The molecule has 0 N–H and O–H groups in total.